The number of imidazole rings is 1. The molecular weight excluding hydrogens is 306 g/mol. The van der Waals surface area contributed by atoms with Crippen LogP contribution in [0.3, 0.4) is 0 Å². The maximum Gasteiger partial charge on any atom is 0.203 e. The number of aryl methyl sites for hydroxylation is 1. The summed E-state index contributed by atoms with van der Waals surface area (Å²) < 4.78 is 18.3. The van der Waals surface area contributed by atoms with Crippen molar-refractivity contribution in [3.05, 3.63) is 43.0 Å². The Balaban J connectivity index is 2.21. The maximum absolute atomic E-state index is 5.44. The highest BCUT2D eigenvalue weighted by atomic mass is 16.5. The third-order valence-corrected chi connectivity index (χ3v) is 3.83. The van der Waals surface area contributed by atoms with Crippen LogP contribution in [0.1, 0.15) is 0 Å². The quantitative estimate of drug-likeness (QED) is 0.721. The molecule has 0 spiro atoms. The van der Waals surface area contributed by atoms with Gasteiger partial charge in [0.2, 0.25) is 5.75 Å². The number of methoxy groups -OCH3 is 3. The predicted octanol–water partition coefficient (Wildman–Crippen LogP) is 3.17. The minimum Gasteiger partial charge on any atom is -0.493 e. The highest BCUT2D eigenvalue weighted by Crippen LogP contribution is 2.42. The summed E-state index contributed by atoms with van der Waals surface area (Å²) in [6.45, 7) is 0. The first-order valence-electron chi connectivity index (χ1n) is 7.41. The largest absolute Gasteiger partial charge is 0.493 e. The van der Waals surface area contributed by atoms with Gasteiger partial charge in [-0.3, -0.25) is 4.98 Å². The SMILES string of the molecule is COc1cc(-c2ncn(C)c2-c2ccncc2)cc(OC)c1OC. The van der Waals surface area contributed by atoms with E-state index in [0.717, 1.165) is 22.5 Å². The van der Waals surface area contributed by atoms with Gasteiger partial charge in [0, 0.05) is 30.6 Å². The lowest BCUT2D eigenvalue weighted by Gasteiger charge is -2.14. The second-order valence-corrected chi connectivity index (χ2v) is 5.20. The average molecular weight is 325 g/mol. The van der Waals surface area contributed by atoms with Crippen LogP contribution in [0, 0.1) is 0 Å². The summed E-state index contributed by atoms with van der Waals surface area (Å²) >= 11 is 0. The van der Waals surface area contributed by atoms with Crippen LogP contribution < -0.4 is 14.2 Å². The van der Waals surface area contributed by atoms with Gasteiger partial charge in [-0.25, -0.2) is 4.98 Å². The van der Waals surface area contributed by atoms with Crippen molar-refractivity contribution in [2.75, 3.05) is 21.3 Å². The molecule has 2 heterocycles. The van der Waals surface area contributed by atoms with Gasteiger partial charge < -0.3 is 18.8 Å². The second-order valence-electron chi connectivity index (χ2n) is 5.20. The standard InChI is InChI=1S/C18H19N3O3/c1-21-11-20-16(17(21)12-5-7-19-8-6-12)13-9-14(22-2)18(24-4)15(10-13)23-3/h5-11H,1-4H3. The first-order valence-corrected chi connectivity index (χ1v) is 7.41. The van der Waals surface area contributed by atoms with Gasteiger partial charge >= 0.3 is 0 Å². The van der Waals surface area contributed by atoms with E-state index in [2.05, 4.69) is 9.97 Å². The van der Waals surface area contributed by atoms with Crippen LogP contribution in [0.25, 0.3) is 22.5 Å². The predicted molar refractivity (Wildman–Crippen MR) is 91.5 cm³/mol. The first kappa shape index (κ1) is 15.9. The summed E-state index contributed by atoms with van der Waals surface area (Å²) in [6, 6.07) is 7.71. The zero-order valence-corrected chi connectivity index (χ0v) is 14.1. The van der Waals surface area contributed by atoms with Crippen molar-refractivity contribution < 1.29 is 14.2 Å². The van der Waals surface area contributed by atoms with Crippen LogP contribution >= 0.6 is 0 Å². The summed E-state index contributed by atoms with van der Waals surface area (Å²) in [5, 5.41) is 0. The minimum absolute atomic E-state index is 0.560. The molecule has 0 bridgehead atoms. The topological polar surface area (TPSA) is 58.4 Å². The average Bonchev–Trinajstić information content (AvgIpc) is 3.02. The van der Waals surface area contributed by atoms with Crippen molar-refractivity contribution in [1.82, 2.24) is 14.5 Å². The number of rotatable bonds is 5. The monoisotopic (exact) mass is 325 g/mol. The van der Waals surface area contributed by atoms with Crippen molar-refractivity contribution in [1.29, 1.82) is 0 Å². The molecule has 0 aliphatic heterocycles. The molecular formula is C18H19N3O3. The Morgan fingerprint density at radius 1 is 0.875 bits per heavy atom. The lowest BCUT2D eigenvalue weighted by atomic mass is 10.0. The van der Waals surface area contributed by atoms with Crippen molar-refractivity contribution in [3.63, 3.8) is 0 Å². The van der Waals surface area contributed by atoms with Gasteiger partial charge in [-0.2, -0.15) is 0 Å². The summed E-state index contributed by atoms with van der Waals surface area (Å²) in [5.74, 6) is 1.75. The Morgan fingerprint density at radius 2 is 1.50 bits per heavy atom. The van der Waals surface area contributed by atoms with Crippen LogP contribution in [0.5, 0.6) is 17.2 Å². The van der Waals surface area contributed by atoms with Crippen molar-refractivity contribution >= 4 is 0 Å². The van der Waals surface area contributed by atoms with Gasteiger partial charge in [0.15, 0.2) is 11.5 Å². The molecule has 0 aliphatic carbocycles. The van der Waals surface area contributed by atoms with E-state index in [-0.39, 0.29) is 0 Å². The van der Waals surface area contributed by atoms with E-state index in [1.165, 1.54) is 0 Å². The molecule has 6 nitrogen and oxygen atoms in total. The van der Waals surface area contributed by atoms with Crippen LogP contribution in [-0.2, 0) is 7.05 Å². The third kappa shape index (κ3) is 2.67. The Kier molecular flexibility index (Phi) is 4.37. The number of aromatic nitrogens is 3. The lowest BCUT2D eigenvalue weighted by Crippen LogP contribution is -1.97. The molecule has 0 fully saturated rings. The molecule has 1 aromatic carbocycles. The molecule has 0 N–H and O–H groups in total. The fourth-order valence-electron chi connectivity index (χ4n) is 2.71. The number of hydrogen-bond donors (Lipinski definition) is 0. The lowest BCUT2D eigenvalue weighted by molar-refractivity contribution is 0.324. The molecule has 0 aliphatic rings. The molecule has 3 aromatic rings. The Hall–Kier alpha value is -3.02. The zero-order valence-electron chi connectivity index (χ0n) is 14.1. The highest BCUT2D eigenvalue weighted by Gasteiger charge is 2.19. The second kappa shape index (κ2) is 6.62. The number of hydrogen-bond acceptors (Lipinski definition) is 5. The fourth-order valence-corrected chi connectivity index (χ4v) is 2.71. The van der Waals surface area contributed by atoms with E-state index >= 15 is 0 Å². The van der Waals surface area contributed by atoms with E-state index in [1.807, 2.05) is 35.9 Å². The molecule has 124 valence electrons. The highest BCUT2D eigenvalue weighted by molar-refractivity contribution is 5.80. The Labute approximate surface area is 140 Å². The zero-order chi connectivity index (χ0) is 17.1. The van der Waals surface area contributed by atoms with Gasteiger partial charge in [-0.1, -0.05) is 0 Å². The van der Waals surface area contributed by atoms with Gasteiger partial charge in [-0.05, 0) is 24.3 Å². The third-order valence-electron chi connectivity index (χ3n) is 3.83. The molecule has 0 saturated carbocycles. The van der Waals surface area contributed by atoms with Gasteiger partial charge in [-0.15, -0.1) is 0 Å². The van der Waals surface area contributed by atoms with Crippen molar-refractivity contribution in [2.45, 2.75) is 0 Å². The number of nitrogens with zero attached hydrogens (tertiary/aromatic N) is 3. The summed E-state index contributed by atoms with van der Waals surface area (Å²) in [4.78, 5) is 8.64. The Bertz CT molecular complexity index is 819. The minimum atomic E-state index is 0.560. The van der Waals surface area contributed by atoms with Crippen LogP contribution in [-0.4, -0.2) is 35.9 Å². The van der Waals surface area contributed by atoms with Gasteiger partial charge in [0.25, 0.3) is 0 Å². The molecule has 0 atom stereocenters. The van der Waals surface area contributed by atoms with Crippen LogP contribution in [0.2, 0.25) is 0 Å². The van der Waals surface area contributed by atoms with Gasteiger partial charge in [0.1, 0.15) is 0 Å². The number of ether oxygens (including phenoxy) is 3. The van der Waals surface area contributed by atoms with E-state index in [9.17, 15) is 0 Å². The van der Waals surface area contributed by atoms with E-state index in [0.29, 0.717) is 17.2 Å². The van der Waals surface area contributed by atoms with Gasteiger partial charge in [0.05, 0.1) is 39.0 Å². The molecule has 3 rings (SSSR count). The summed E-state index contributed by atoms with van der Waals surface area (Å²) in [6.07, 6.45) is 5.32. The van der Waals surface area contributed by atoms with Crippen molar-refractivity contribution in [3.8, 4) is 39.8 Å². The normalized spacial score (nSPS) is 10.5. The molecule has 24 heavy (non-hydrogen) atoms. The smallest absolute Gasteiger partial charge is 0.203 e. The number of pyridine rings is 1. The molecule has 0 amide bonds. The van der Waals surface area contributed by atoms with Crippen molar-refractivity contribution in [2.24, 2.45) is 7.05 Å². The van der Waals surface area contributed by atoms with Crippen LogP contribution in [0.4, 0.5) is 0 Å². The molecule has 0 unspecified atom stereocenters. The first-order chi connectivity index (χ1) is 11.7. The van der Waals surface area contributed by atoms with E-state index in [1.54, 1.807) is 40.1 Å². The molecule has 2 aromatic heterocycles. The fraction of sp³-hybridized carbons (Fsp3) is 0.222. The summed E-state index contributed by atoms with van der Waals surface area (Å²) in [7, 11) is 6.75. The maximum atomic E-state index is 5.44. The van der Waals surface area contributed by atoms with Crippen LogP contribution in [0.15, 0.2) is 43.0 Å². The molecule has 0 radical (unpaired) electrons. The molecule has 6 heteroatoms. The summed E-state index contributed by atoms with van der Waals surface area (Å²) in [5.41, 5.74) is 3.75. The van der Waals surface area contributed by atoms with E-state index in [4.69, 9.17) is 14.2 Å². The molecule has 0 saturated heterocycles. The Morgan fingerprint density at radius 3 is 2.04 bits per heavy atom. The van der Waals surface area contributed by atoms with E-state index < -0.39 is 0 Å². The number of benzene rings is 1.